The van der Waals surface area contributed by atoms with E-state index < -0.39 is 12.6 Å². The highest BCUT2D eigenvalue weighted by molar-refractivity contribution is 7.18. The number of rotatable bonds is 8. The minimum atomic E-state index is -4.25. The summed E-state index contributed by atoms with van der Waals surface area (Å²) in [4.78, 5) is 11.7. The highest BCUT2D eigenvalue weighted by Gasteiger charge is 2.29. The van der Waals surface area contributed by atoms with E-state index >= 15 is 0 Å². The summed E-state index contributed by atoms with van der Waals surface area (Å²) in [6.45, 7) is 9.24. The molecule has 0 aliphatic carbocycles. The van der Waals surface area contributed by atoms with E-state index in [-0.39, 0.29) is 10.9 Å². The highest BCUT2D eigenvalue weighted by Crippen LogP contribution is 2.33. The molecule has 204 valence electrons. The smallest absolute Gasteiger partial charge is 0.390 e. The number of anilines is 1. The highest BCUT2D eigenvalue weighted by atomic mass is 32.1. The number of hydrogen-bond acceptors (Lipinski definition) is 7. The van der Waals surface area contributed by atoms with Crippen molar-refractivity contribution < 1.29 is 13.2 Å². The summed E-state index contributed by atoms with van der Waals surface area (Å²) in [7, 11) is 1.83. The van der Waals surface area contributed by atoms with Gasteiger partial charge in [0.1, 0.15) is 28.7 Å². The summed E-state index contributed by atoms with van der Waals surface area (Å²) in [6, 6.07) is 10.2. The molecule has 11 heteroatoms. The molecule has 4 heterocycles. The van der Waals surface area contributed by atoms with Gasteiger partial charge >= 0.3 is 6.18 Å². The molecule has 1 fully saturated rings. The monoisotopic (exact) mass is 553 g/mol. The summed E-state index contributed by atoms with van der Waals surface area (Å²) in [6.07, 6.45) is -2.00. The van der Waals surface area contributed by atoms with Crippen molar-refractivity contribution in [2.24, 2.45) is 0 Å². The second kappa shape index (κ2) is 10.9. The van der Waals surface area contributed by atoms with E-state index in [0.717, 1.165) is 60.4 Å². The number of fused-ring (bicyclic) bond motifs is 2. The second-order valence-corrected chi connectivity index (χ2v) is 11.1. The first-order chi connectivity index (χ1) is 18.6. The maximum atomic E-state index is 12.9. The molecule has 3 aromatic heterocycles. The number of likely N-dealkylation sites (N-methyl/N-ethyl adjacent to an activating group) is 1. The summed E-state index contributed by atoms with van der Waals surface area (Å²) in [5.41, 5.74) is 4.88. The topological polar surface area (TPSA) is 81.8 Å². The molecule has 1 aliphatic rings. The van der Waals surface area contributed by atoms with E-state index in [1.54, 1.807) is 6.07 Å². The Hall–Kier alpha value is -3.62. The molecule has 1 aliphatic heterocycles. The quantitative estimate of drug-likeness (QED) is 0.290. The Morgan fingerprint density at radius 1 is 1.21 bits per heavy atom. The molecule has 0 unspecified atom stereocenters. The lowest BCUT2D eigenvalue weighted by Crippen LogP contribution is -2.39. The van der Waals surface area contributed by atoms with Gasteiger partial charge in [-0.05, 0) is 49.1 Å². The van der Waals surface area contributed by atoms with Gasteiger partial charge in [0.25, 0.3) is 0 Å². The predicted octanol–water partition coefficient (Wildman–Crippen LogP) is 5.74. The Morgan fingerprint density at radius 3 is 2.67 bits per heavy atom. The van der Waals surface area contributed by atoms with Gasteiger partial charge in [-0.3, -0.25) is 4.90 Å². The van der Waals surface area contributed by atoms with Crippen molar-refractivity contribution in [1.82, 2.24) is 24.8 Å². The number of nitrogens with one attached hydrogen (secondary N) is 2. The Morgan fingerprint density at radius 2 is 1.97 bits per heavy atom. The Bertz CT molecular complexity index is 1560. The van der Waals surface area contributed by atoms with E-state index in [1.165, 1.54) is 17.5 Å². The molecule has 0 saturated carbocycles. The van der Waals surface area contributed by atoms with Gasteiger partial charge in [-0.15, -0.1) is 11.3 Å². The molecule has 0 atom stereocenters. The summed E-state index contributed by atoms with van der Waals surface area (Å²) >= 11 is 1.07. The summed E-state index contributed by atoms with van der Waals surface area (Å²) < 4.78 is 40.6. The van der Waals surface area contributed by atoms with E-state index in [1.807, 2.05) is 17.7 Å². The lowest BCUT2D eigenvalue weighted by atomic mass is 10.0. The van der Waals surface area contributed by atoms with Crippen molar-refractivity contribution in [3.63, 3.8) is 0 Å². The van der Waals surface area contributed by atoms with Crippen molar-refractivity contribution in [3.8, 4) is 6.07 Å². The Balaban J connectivity index is 1.25. The van der Waals surface area contributed by atoms with Crippen molar-refractivity contribution in [2.75, 3.05) is 25.5 Å². The van der Waals surface area contributed by atoms with Crippen LogP contribution in [-0.2, 0) is 19.5 Å². The van der Waals surface area contributed by atoms with Crippen LogP contribution in [0.2, 0.25) is 0 Å². The number of halogens is 3. The lowest BCUT2D eigenvalue weighted by Gasteiger charge is -2.33. The van der Waals surface area contributed by atoms with Crippen LogP contribution in [-0.4, -0.2) is 51.8 Å². The fraction of sp³-hybridized carbons (Fsp3) is 0.393. The van der Waals surface area contributed by atoms with Crippen LogP contribution in [0.15, 0.2) is 42.9 Å². The number of hydrogen-bond donors (Lipinski definition) is 2. The first kappa shape index (κ1) is 27.0. The molecule has 2 N–H and O–H groups in total. The number of piperidine rings is 1. The van der Waals surface area contributed by atoms with E-state index in [4.69, 9.17) is 0 Å². The van der Waals surface area contributed by atoms with Crippen LogP contribution in [0.5, 0.6) is 0 Å². The lowest BCUT2D eigenvalue weighted by molar-refractivity contribution is -0.126. The van der Waals surface area contributed by atoms with Crippen LogP contribution in [0.25, 0.3) is 21.1 Å². The van der Waals surface area contributed by atoms with Gasteiger partial charge in [-0.2, -0.15) is 18.4 Å². The number of benzene rings is 1. The maximum absolute atomic E-state index is 12.9. The molecule has 7 nitrogen and oxygen atoms in total. The van der Waals surface area contributed by atoms with Crippen molar-refractivity contribution in [2.45, 2.75) is 51.5 Å². The molecule has 39 heavy (non-hydrogen) atoms. The fourth-order valence-corrected chi connectivity index (χ4v) is 6.23. The van der Waals surface area contributed by atoms with Gasteiger partial charge in [0.05, 0.1) is 18.4 Å². The minimum absolute atomic E-state index is 0.182. The zero-order chi connectivity index (χ0) is 27.7. The number of allylic oxidation sites excluding steroid dienone is 1. The second-order valence-electron chi connectivity index (χ2n) is 10.0. The third-order valence-electron chi connectivity index (χ3n) is 7.36. The molecule has 0 spiro atoms. The van der Waals surface area contributed by atoms with E-state index in [0.29, 0.717) is 28.3 Å². The van der Waals surface area contributed by atoms with Gasteiger partial charge in [-0.1, -0.05) is 12.6 Å². The molecule has 1 aromatic carbocycles. The third-order valence-corrected chi connectivity index (χ3v) is 8.40. The van der Waals surface area contributed by atoms with E-state index in [2.05, 4.69) is 57.2 Å². The molecule has 5 rings (SSSR count). The predicted molar refractivity (Wildman–Crippen MR) is 149 cm³/mol. The normalized spacial score (nSPS) is 15.1. The zero-order valence-electron chi connectivity index (χ0n) is 21.9. The molecule has 0 amide bonds. The number of nitriles is 1. The minimum Gasteiger partial charge on any atom is -0.390 e. The van der Waals surface area contributed by atoms with Crippen LogP contribution in [0, 0.1) is 18.3 Å². The van der Waals surface area contributed by atoms with Crippen LogP contribution in [0.1, 0.15) is 34.5 Å². The van der Waals surface area contributed by atoms with Crippen LogP contribution in [0.3, 0.4) is 0 Å². The number of aryl methyl sites for hydroxylation is 1. The van der Waals surface area contributed by atoms with Gasteiger partial charge in [0.15, 0.2) is 0 Å². The molecule has 0 radical (unpaired) electrons. The molecular formula is C28H30F3N7S. The van der Waals surface area contributed by atoms with Crippen LogP contribution in [0.4, 0.5) is 19.0 Å². The van der Waals surface area contributed by atoms with E-state index in [9.17, 15) is 18.4 Å². The van der Waals surface area contributed by atoms with Crippen LogP contribution >= 0.6 is 11.3 Å². The maximum Gasteiger partial charge on any atom is 0.393 e. The van der Waals surface area contributed by atoms with Crippen molar-refractivity contribution >= 4 is 38.3 Å². The number of alkyl halides is 3. The third kappa shape index (κ3) is 5.87. The fourth-order valence-electron chi connectivity index (χ4n) is 5.20. The molecule has 1 saturated heterocycles. The number of nitrogens with zero attached hydrogens (tertiary/aromatic N) is 5. The number of thiophene rings is 1. The Labute approximate surface area is 229 Å². The van der Waals surface area contributed by atoms with Gasteiger partial charge in [-0.25, -0.2) is 9.97 Å². The first-order valence-corrected chi connectivity index (χ1v) is 13.6. The average molecular weight is 554 g/mol. The largest absolute Gasteiger partial charge is 0.393 e. The van der Waals surface area contributed by atoms with Gasteiger partial charge < -0.3 is 15.2 Å². The Kier molecular flexibility index (Phi) is 7.51. The number of aromatic nitrogens is 3. The number of likely N-dealkylation sites (tertiary alicyclic amines) is 1. The SMILES string of the molecule is C=C(Cn1c(C#N)cc2c(C)c(CN3CCC(Nc4ncnc5sc(CC(F)(F)F)cc45)CC3)ccc21)NC. The standard InChI is InChI=1S/C28H30F3N7S/c1-17(33-3)14-38-21(13-32)10-23-18(2)19(4-5-25(23)38)15-37-8-6-20(7-9-37)36-26-24-11-22(12-28(29,30)31)39-27(24)35-16-34-26/h4-5,10-11,16,20,33H,1,6-9,12,14-15H2,2-3H3,(H,34,35,36). The zero-order valence-corrected chi connectivity index (χ0v) is 22.7. The van der Waals surface area contributed by atoms with Crippen molar-refractivity contribution in [1.29, 1.82) is 5.26 Å². The van der Waals surface area contributed by atoms with Crippen LogP contribution < -0.4 is 10.6 Å². The van der Waals surface area contributed by atoms with Crippen molar-refractivity contribution in [3.05, 3.63) is 64.6 Å². The molecule has 4 aromatic rings. The summed E-state index contributed by atoms with van der Waals surface area (Å²) in [5.74, 6) is 0.600. The average Bonchev–Trinajstić information content (AvgIpc) is 3.47. The molecule has 0 bridgehead atoms. The first-order valence-electron chi connectivity index (χ1n) is 12.8. The molecular weight excluding hydrogens is 523 g/mol. The summed E-state index contributed by atoms with van der Waals surface area (Å²) in [5, 5.41) is 17.9. The van der Waals surface area contributed by atoms with Gasteiger partial charge in [0.2, 0.25) is 0 Å². The van der Waals surface area contributed by atoms with Gasteiger partial charge in [0, 0.05) is 54.2 Å².